The van der Waals surface area contributed by atoms with E-state index < -0.39 is 5.97 Å². The Hall–Kier alpha value is -2.43. The number of anilines is 1. The van der Waals surface area contributed by atoms with E-state index in [0.29, 0.717) is 5.82 Å². The first-order valence-corrected chi connectivity index (χ1v) is 6.09. The van der Waals surface area contributed by atoms with Gasteiger partial charge in [-0.3, -0.25) is 0 Å². The van der Waals surface area contributed by atoms with Crippen molar-refractivity contribution in [2.75, 3.05) is 5.32 Å². The molecule has 1 atom stereocenters. The summed E-state index contributed by atoms with van der Waals surface area (Å²) in [4.78, 5) is 10.7. The van der Waals surface area contributed by atoms with Crippen LogP contribution in [0.1, 0.15) is 35.4 Å². The van der Waals surface area contributed by atoms with E-state index in [1.807, 2.05) is 30.3 Å². The van der Waals surface area contributed by atoms with Gasteiger partial charge in [-0.15, -0.1) is 10.2 Å². The Morgan fingerprint density at radius 1 is 1.21 bits per heavy atom. The van der Waals surface area contributed by atoms with Crippen LogP contribution in [0.15, 0.2) is 42.5 Å². The zero-order chi connectivity index (χ0) is 13.7. The summed E-state index contributed by atoms with van der Waals surface area (Å²) >= 11 is 0. The molecule has 0 amide bonds. The average Bonchev–Trinajstić information content (AvgIpc) is 2.46. The molecule has 0 fully saturated rings. The molecular weight excluding hydrogens is 242 g/mol. The monoisotopic (exact) mass is 257 g/mol. The highest BCUT2D eigenvalue weighted by molar-refractivity contribution is 5.85. The smallest absolute Gasteiger partial charge is 0.356 e. The van der Waals surface area contributed by atoms with Crippen LogP contribution in [0.5, 0.6) is 0 Å². The van der Waals surface area contributed by atoms with Gasteiger partial charge in [0.1, 0.15) is 5.82 Å². The Bertz CT molecular complexity index is 540. The number of hydrogen-bond donors (Lipinski definition) is 2. The maximum Gasteiger partial charge on any atom is 0.356 e. The molecule has 0 aliphatic rings. The number of hydrogen-bond acceptors (Lipinski definition) is 4. The Morgan fingerprint density at radius 3 is 2.47 bits per heavy atom. The lowest BCUT2D eigenvalue weighted by Crippen LogP contribution is -2.12. The van der Waals surface area contributed by atoms with Crippen LogP contribution < -0.4 is 5.32 Å². The maximum atomic E-state index is 10.7. The second-order valence-corrected chi connectivity index (χ2v) is 4.12. The fourth-order valence-electron chi connectivity index (χ4n) is 1.81. The van der Waals surface area contributed by atoms with Crippen LogP contribution in [0, 0.1) is 0 Å². The lowest BCUT2D eigenvalue weighted by atomic mass is 10.0. The molecule has 0 bridgehead atoms. The van der Waals surface area contributed by atoms with Crippen molar-refractivity contribution in [1.82, 2.24) is 10.2 Å². The minimum absolute atomic E-state index is 0.0571. The molecule has 2 N–H and O–H groups in total. The number of nitrogens with one attached hydrogen (secondary N) is 1. The molecule has 1 heterocycles. The lowest BCUT2D eigenvalue weighted by Gasteiger charge is -2.17. The number of benzene rings is 1. The molecule has 0 aliphatic carbocycles. The molecule has 1 aromatic carbocycles. The van der Waals surface area contributed by atoms with E-state index in [-0.39, 0.29) is 11.7 Å². The molecule has 2 aromatic rings. The average molecular weight is 257 g/mol. The minimum atomic E-state index is -1.07. The third kappa shape index (κ3) is 3.28. The molecule has 19 heavy (non-hydrogen) atoms. The van der Waals surface area contributed by atoms with Crippen molar-refractivity contribution >= 4 is 11.8 Å². The summed E-state index contributed by atoms with van der Waals surface area (Å²) in [5.41, 5.74) is 1.10. The van der Waals surface area contributed by atoms with Gasteiger partial charge in [0.2, 0.25) is 0 Å². The number of aromatic nitrogens is 2. The highest BCUT2D eigenvalue weighted by atomic mass is 16.4. The Morgan fingerprint density at radius 2 is 1.95 bits per heavy atom. The first-order chi connectivity index (χ1) is 9.20. The van der Waals surface area contributed by atoms with Gasteiger partial charge in [0.25, 0.3) is 0 Å². The van der Waals surface area contributed by atoms with E-state index >= 15 is 0 Å². The number of carboxylic acids is 1. The summed E-state index contributed by atoms with van der Waals surface area (Å²) < 4.78 is 0. The quantitative estimate of drug-likeness (QED) is 0.861. The van der Waals surface area contributed by atoms with Gasteiger partial charge in [0.05, 0.1) is 6.04 Å². The molecule has 5 heteroatoms. The third-order valence-electron chi connectivity index (χ3n) is 2.82. The van der Waals surface area contributed by atoms with E-state index in [9.17, 15) is 4.79 Å². The van der Waals surface area contributed by atoms with Crippen molar-refractivity contribution in [2.24, 2.45) is 0 Å². The summed E-state index contributed by atoms with van der Waals surface area (Å²) in [6.45, 7) is 2.07. The van der Waals surface area contributed by atoms with Crippen molar-refractivity contribution in [1.29, 1.82) is 0 Å². The van der Waals surface area contributed by atoms with Gasteiger partial charge in [0.15, 0.2) is 5.69 Å². The number of nitrogens with zero attached hydrogens (tertiary/aromatic N) is 2. The lowest BCUT2D eigenvalue weighted by molar-refractivity contribution is 0.0689. The number of carboxylic acid groups (broad SMARTS) is 1. The van der Waals surface area contributed by atoms with E-state index in [0.717, 1.165) is 12.0 Å². The molecule has 0 saturated heterocycles. The first kappa shape index (κ1) is 13.0. The first-order valence-electron chi connectivity index (χ1n) is 6.09. The van der Waals surface area contributed by atoms with Crippen molar-refractivity contribution in [2.45, 2.75) is 19.4 Å². The molecule has 0 saturated carbocycles. The van der Waals surface area contributed by atoms with E-state index in [1.54, 1.807) is 6.07 Å². The summed E-state index contributed by atoms with van der Waals surface area (Å²) in [6, 6.07) is 13.2. The largest absolute Gasteiger partial charge is 0.476 e. The Kier molecular flexibility index (Phi) is 4.07. The molecule has 1 unspecified atom stereocenters. The van der Waals surface area contributed by atoms with Crippen molar-refractivity contribution in [3.05, 3.63) is 53.7 Å². The van der Waals surface area contributed by atoms with Crippen LogP contribution in [-0.2, 0) is 0 Å². The summed E-state index contributed by atoms with van der Waals surface area (Å²) in [6.07, 6.45) is 0.895. The normalized spacial score (nSPS) is 11.8. The summed E-state index contributed by atoms with van der Waals surface area (Å²) in [5.74, 6) is -0.505. The number of rotatable bonds is 5. The molecule has 2 rings (SSSR count). The third-order valence-corrected chi connectivity index (χ3v) is 2.82. The van der Waals surface area contributed by atoms with Crippen LogP contribution in [0.2, 0.25) is 0 Å². The zero-order valence-electron chi connectivity index (χ0n) is 10.6. The van der Waals surface area contributed by atoms with E-state index in [2.05, 4.69) is 22.4 Å². The van der Waals surface area contributed by atoms with Gasteiger partial charge in [-0.25, -0.2) is 4.79 Å². The van der Waals surface area contributed by atoms with E-state index in [1.165, 1.54) is 6.07 Å². The highest BCUT2D eigenvalue weighted by Crippen LogP contribution is 2.20. The number of carbonyl (C=O) groups is 1. The van der Waals surface area contributed by atoms with E-state index in [4.69, 9.17) is 5.11 Å². The standard InChI is InChI=1S/C14H15N3O2/c1-2-11(10-6-4-3-5-7-10)15-13-9-8-12(14(18)19)16-17-13/h3-9,11H,2H2,1H3,(H,15,17)(H,18,19). The predicted molar refractivity (Wildman–Crippen MR) is 72.1 cm³/mol. The second kappa shape index (κ2) is 5.95. The molecular formula is C14H15N3O2. The number of aromatic carboxylic acids is 1. The van der Waals surface area contributed by atoms with Gasteiger partial charge in [-0.1, -0.05) is 37.3 Å². The fraction of sp³-hybridized carbons (Fsp3) is 0.214. The Labute approximate surface area is 111 Å². The topological polar surface area (TPSA) is 75.1 Å². The predicted octanol–water partition coefficient (Wildman–Crippen LogP) is 2.74. The summed E-state index contributed by atoms with van der Waals surface area (Å²) in [7, 11) is 0. The molecule has 0 radical (unpaired) electrons. The van der Waals surface area contributed by atoms with Crippen molar-refractivity contribution < 1.29 is 9.90 Å². The minimum Gasteiger partial charge on any atom is -0.476 e. The van der Waals surface area contributed by atoms with Gasteiger partial charge in [0, 0.05) is 0 Å². The fourth-order valence-corrected chi connectivity index (χ4v) is 1.81. The Balaban J connectivity index is 2.12. The van der Waals surface area contributed by atoms with Gasteiger partial charge >= 0.3 is 5.97 Å². The van der Waals surface area contributed by atoms with Crippen LogP contribution >= 0.6 is 0 Å². The van der Waals surface area contributed by atoms with Crippen LogP contribution in [0.25, 0.3) is 0 Å². The van der Waals surface area contributed by atoms with Crippen LogP contribution in [-0.4, -0.2) is 21.3 Å². The van der Waals surface area contributed by atoms with Crippen molar-refractivity contribution in [3.8, 4) is 0 Å². The van der Waals surface area contributed by atoms with Gasteiger partial charge < -0.3 is 10.4 Å². The summed E-state index contributed by atoms with van der Waals surface area (Å²) in [5, 5.41) is 19.5. The molecule has 1 aromatic heterocycles. The molecule has 5 nitrogen and oxygen atoms in total. The molecule has 0 aliphatic heterocycles. The van der Waals surface area contributed by atoms with Crippen molar-refractivity contribution in [3.63, 3.8) is 0 Å². The van der Waals surface area contributed by atoms with Gasteiger partial charge in [-0.2, -0.15) is 0 Å². The van der Waals surface area contributed by atoms with Crippen LogP contribution in [0.3, 0.4) is 0 Å². The van der Waals surface area contributed by atoms with Crippen LogP contribution in [0.4, 0.5) is 5.82 Å². The SMILES string of the molecule is CCC(Nc1ccc(C(=O)O)nn1)c1ccccc1. The maximum absolute atomic E-state index is 10.7. The molecule has 98 valence electrons. The zero-order valence-corrected chi connectivity index (χ0v) is 10.6. The highest BCUT2D eigenvalue weighted by Gasteiger charge is 2.10. The molecule has 0 spiro atoms. The van der Waals surface area contributed by atoms with Gasteiger partial charge in [-0.05, 0) is 24.1 Å². The second-order valence-electron chi connectivity index (χ2n) is 4.12.